The number of anilines is 1. The predicted molar refractivity (Wildman–Crippen MR) is 99.1 cm³/mol. The Kier molecular flexibility index (Phi) is 3.90. The van der Waals surface area contributed by atoms with Gasteiger partial charge in [0.2, 0.25) is 5.91 Å². The van der Waals surface area contributed by atoms with E-state index in [1.54, 1.807) is 13.3 Å². The second-order valence-electron chi connectivity index (χ2n) is 6.77. The van der Waals surface area contributed by atoms with Crippen molar-refractivity contribution in [3.8, 4) is 17.0 Å². The molecule has 0 spiro atoms. The zero-order valence-electron chi connectivity index (χ0n) is 14.9. The molecule has 1 amide bonds. The number of ether oxygens (including phenoxy) is 1. The number of amides is 1. The molecule has 5 nitrogen and oxygen atoms in total. The van der Waals surface area contributed by atoms with Crippen molar-refractivity contribution in [2.45, 2.75) is 19.5 Å². The summed E-state index contributed by atoms with van der Waals surface area (Å²) in [6, 6.07) is 9.90. The molecule has 2 aromatic heterocycles. The van der Waals surface area contributed by atoms with Gasteiger partial charge in [-0.05, 0) is 37.6 Å². The van der Waals surface area contributed by atoms with Crippen LogP contribution in [0.4, 0.5) is 10.2 Å². The van der Waals surface area contributed by atoms with E-state index in [2.05, 4.69) is 16.4 Å². The van der Waals surface area contributed by atoms with Gasteiger partial charge >= 0.3 is 0 Å². The van der Waals surface area contributed by atoms with Crippen LogP contribution in [-0.2, 0) is 11.8 Å². The predicted octanol–water partition coefficient (Wildman–Crippen LogP) is 3.85. The summed E-state index contributed by atoms with van der Waals surface area (Å²) in [5.41, 5.74) is 4.07. The molecule has 0 aliphatic heterocycles. The van der Waals surface area contributed by atoms with E-state index in [1.165, 1.54) is 0 Å². The zero-order chi connectivity index (χ0) is 18.4. The third-order valence-corrected chi connectivity index (χ3v) is 4.86. The molecular formula is C20H20FN3O2. The number of fused-ring (bicyclic) bond motifs is 1. The van der Waals surface area contributed by atoms with Gasteiger partial charge in [0.25, 0.3) is 0 Å². The van der Waals surface area contributed by atoms with Gasteiger partial charge < -0.3 is 14.6 Å². The fraction of sp³-hybridized carbons (Fsp3) is 0.300. The number of alkyl halides is 1. The summed E-state index contributed by atoms with van der Waals surface area (Å²) >= 11 is 0. The number of aromatic nitrogens is 2. The van der Waals surface area contributed by atoms with Gasteiger partial charge in [0.1, 0.15) is 17.7 Å². The number of pyridine rings is 1. The summed E-state index contributed by atoms with van der Waals surface area (Å²) in [4.78, 5) is 16.2. The Hall–Kier alpha value is -2.89. The molecule has 1 saturated carbocycles. The summed E-state index contributed by atoms with van der Waals surface area (Å²) in [5, 5.41) is 3.65. The maximum atomic E-state index is 13.0. The summed E-state index contributed by atoms with van der Waals surface area (Å²) in [6.07, 6.45) is 1.00. The highest BCUT2D eigenvalue weighted by atomic mass is 19.1. The minimum absolute atomic E-state index is 0.302. The molecule has 6 heteroatoms. The van der Waals surface area contributed by atoms with Crippen LogP contribution in [0.1, 0.15) is 12.0 Å². The van der Waals surface area contributed by atoms with Gasteiger partial charge in [-0.2, -0.15) is 0 Å². The summed E-state index contributed by atoms with van der Waals surface area (Å²) in [5.74, 6) is 0.400. The number of carbonyl (C=O) groups is 1. The van der Waals surface area contributed by atoms with E-state index in [9.17, 15) is 9.18 Å². The normalized spacial score (nSPS) is 18.8. The first kappa shape index (κ1) is 16.6. The third kappa shape index (κ3) is 2.81. The molecule has 26 heavy (non-hydrogen) atoms. The fourth-order valence-electron chi connectivity index (χ4n) is 3.24. The maximum absolute atomic E-state index is 13.0. The average Bonchev–Trinajstić information content (AvgIpc) is 3.27. The van der Waals surface area contributed by atoms with E-state index < -0.39 is 12.1 Å². The van der Waals surface area contributed by atoms with Crippen molar-refractivity contribution in [1.82, 2.24) is 9.55 Å². The third-order valence-electron chi connectivity index (χ3n) is 4.86. The lowest BCUT2D eigenvalue weighted by Gasteiger charge is -2.10. The molecule has 2 heterocycles. The molecule has 0 bridgehead atoms. The number of benzene rings is 1. The summed E-state index contributed by atoms with van der Waals surface area (Å²) in [7, 11) is 3.62. The summed E-state index contributed by atoms with van der Waals surface area (Å²) < 4.78 is 20.6. The lowest BCUT2D eigenvalue weighted by Crippen LogP contribution is -2.15. The van der Waals surface area contributed by atoms with E-state index in [0.29, 0.717) is 12.2 Å². The molecule has 1 fully saturated rings. The lowest BCUT2D eigenvalue weighted by atomic mass is 10.1. The van der Waals surface area contributed by atoms with E-state index in [-0.39, 0.29) is 5.91 Å². The quantitative estimate of drug-likeness (QED) is 0.775. The van der Waals surface area contributed by atoms with Crippen molar-refractivity contribution in [2.75, 3.05) is 12.4 Å². The van der Waals surface area contributed by atoms with Crippen molar-refractivity contribution >= 4 is 22.6 Å². The number of nitrogens with zero attached hydrogens (tertiary/aromatic N) is 2. The van der Waals surface area contributed by atoms with Gasteiger partial charge in [0.15, 0.2) is 0 Å². The van der Waals surface area contributed by atoms with E-state index >= 15 is 0 Å². The Bertz CT molecular complexity index is 1010. The van der Waals surface area contributed by atoms with Gasteiger partial charge in [0, 0.05) is 18.0 Å². The van der Waals surface area contributed by atoms with Gasteiger partial charge in [-0.15, -0.1) is 0 Å². The molecule has 0 saturated heterocycles. The first-order valence-electron chi connectivity index (χ1n) is 8.53. The first-order chi connectivity index (χ1) is 12.5. The molecule has 0 radical (unpaired) electrons. The van der Waals surface area contributed by atoms with Crippen LogP contribution in [0.3, 0.4) is 0 Å². The second kappa shape index (κ2) is 6.12. The van der Waals surface area contributed by atoms with Crippen LogP contribution in [-0.4, -0.2) is 28.7 Å². The van der Waals surface area contributed by atoms with E-state index in [1.807, 2.05) is 42.8 Å². The molecule has 1 aliphatic rings. The van der Waals surface area contributed by atoms with Crippen molar-refractivity contribution in [1.29, 1.82) is 0 Å². The molecule has 1 N–H and O–H groups in total. The molecular weight excluding hydrogens is 333 g/mol. The number of rotatable bonds is 4. The highest BCUT2D eigenvalue weighted by Gasteiger charge is 2.43. The van der Waals surface area contributed by atoms with E-state index in [4.69, 9.17) is 4.74 Å². The standard InChI is InChI=1S/C20H20FN3O2/c1-11-4-5-18(26-3)14(6-11)16-7-12-8-19(22-10-17(12)24(16)2)23-20(25)13-9-15(13)21/h4-8,10,13,15H,9H2,1-3H3,(H,22,23,25)/t13-,15+/m1/s1. The Morgan fingerprint density at radius 3 is 2.81 bits per heavy atom. The Labute approximate surface area is 150 Å². The molecule has 0 unspecified atom stereocenters. The van der Waals surface area contributed by atoms with Gasteiger partial charge in [-0.25, -0.2) is 9.37 Å². The minimum atomic E-state index is -1.02. The van der Waals surface area contributed by atoms with Crippen molar-refractivity contribution in [3.63, 3.8) is 0 Å². The van der Waals surface area contributed by atoms with Crippen LogP contribution >= 0.6 is 0 Å². The summed E-state index contributed by atoms with van der Waals surface area (Å²) in [6.45, 7) is 2.04. The fourth-order valence-corrected chi connectivity index (χ4v) is 3.24. The number of hydrogen-bond donors (Lipinski definition) is 1. The Morgan fingerprint density at radius 1 is 1.35 bits per heavy atom. The number of halogens is 1. The van der Waals surface area contributed by atoms with Crippen LogP contribution in [0, 0.1) is 12.8 Å². The number of aryl methyl sites for hydroxylation is 2. The van der Waals surface area contributed by atoms with Gasteiger partial charge in [0.05, 0.1) is 30.4 Å². The molecule has 1 aromatic carbocycles. The van der Waals surface area contributed by atoms with Crippen LogP contribution < -0.4 is 10.1 Å². The number of methoxy groups -OCH3 is 1. The average molecular weight is 353 g/mol. The minimum Gasteiger partial charge on any atom is -0.496 e. The molecule has 1 aliphatic carbocycles. The molecule has 2 atom stereocenters. The Balaban J connectivity index is 1.73. The highest BCUT2D eigenvalue weighted by molar-refractivity contribution is 5.96. The van der Waals surface area contributed by atoms with Crippen molar-refractivity contribution < 1.29 is 13.9 Å². The van der Waals surface area contributed by atoms with Crippen molar-refractivity contribution in [2.24, 2.45) is 13.0 Å². The molecule has 3 aromatic rings. The van der Waals surface area contributed by atoms with Crippen LogP contribution in [0.2, 0.25) is 0 Å². The highest BCUT2D eigenvalue weighted by Crippen LogP contribution is 2.36. The van der Waals surface area contributed by atoms with Crippen LogP contribution in [0.5, 0.6) is 5.75 Å². The van der Waals surface area contributed by atoms with Crippen LogP contribution in [0.25, 0.3) is 22.2 Å². The number of hydrogen-bond acceptors (Lipinski definition) is 3. The van der Waals surface area contributed by atoms with Gasteiger partial charge in [-0.3, -0.25) is 4.79 Å². The van der Waals surface area contributed by atoms with E-state index in [0.717, 1.165) is 33.5 Å². The monoisotopic (exact) mass is 353 g/mol. The molecule has 4 rings (SSSR count). The zero-order valence-corrected chi connectivity index (χ0v) is 14.9. The largest absolute Gasteiger partial charge is 0.496 e. The second-order valence-corrected chi connectivity index (χ2v) is 6.77. The Morgan fingerprint density at radius 2 is 2.12 bits per heavy atom. The van der Waals surface area contributed by atoms with Crippen molar-refractivity contribution in [3.05, 3.63) is 42.1 Å². The topological polar surface area (TPSA) is 56.1 Å². The maximum Gasteiger partial charge on any atom is 0.231 e. The smallest absolute Gasteiger partial charge is 0.231 e. The number of nitrogens with one attached hydrogen (secondary N) is 1. The first-order valence-corrected chi connectivity index (χ1v) is 8.53. The SMILES string of the molecule is COc1ccc(C)cc1-c1cc2cc(NC(=O)[C@@H]3C[C@@H]3F)ncc2n1C. The molecule has 134 valence electrons. The van der Waals surface area contributed by atoms with Crippen LogP contribution in [0.15, 0.2) is 36.5 Å². The van der Waals surface area contributed by atoms with Gasteiger partial charge in [-0.1, -0.05) is 11.6 Å². The lowest BCUT2D eigenvalue weighted by molar-refractivity contribution is -0.117. The number of carbonyl (C=O) groups excluding carboxylic acids is 1.